The molecule has 0 amide bonds. The van der Waals surface area contributed by atoms with Gasteiger partial charge in [-0.3, -0.25) is 0 Å². The molecule has 2 heteroatoms. The molecule has 21 heavy (non-hydrogen) atoms. The fraction of sp³-hybridized carbons (Fsp3) is 0.684. The number of hydrogen-bond donors (Lipinski definition) is 1. The van der Waals surface area contributed by atoms with Gasteiger partial charge in [-0.05, 0) is 43.9 Å². The third kappa shape index (κ3) is 3.26. The summed E-state index contributed by atoms with van der Waals surface area (Å²) in [7, 11) is 0. The van der Waals surface area contributed by atoms with Gasteiger partial charge in [-0.25, -0.2) is 0 Å². The molecule has 0 bridgehead atoms. The highest BCUT2D eigenvalue weighted by Crippen LogP contribution is 2.33. The summed E-state index contributed by atoms with van der Waals surface area (Å²) in [6.45, 7) is 6.90. The van der Waals surface area contributed by atoms with Gasteiger partial charge in [-0.2, -0.15) is 0 Å². The summed E-state index contributed by atoms with van der Waals surface area (Å²) in [6, 6.07) is 9.91. The Bertz CT molecular complexity index is 445. The quantitative estimate of drug-likeness (QED) is 0.898. The summed E-state index contributed by atoms with van der Waals surface area (Å²) in [4.78, 5) is 2.64. The van der Waals surface area contributed by atoms with Gasteiger partial charge in [0.25, 0.3) is 0 Å². The molecule has 116 valence electrons. The summed E-state index contributed by atoms with van der Waals surface area (Å²) in [5, 5.41) is 3.87. The van der Waals surface area contributed by atoms with Crippen molar-refractivity contribution < 1.29 is 0 Å². The van der Waals surface area contributed by atoms with Gasteiger partial charge in [-0.1, -0.05) is 44.7 Å². The van der Waals surface area contributed by atoms with Crippen LogP contribution in [0.4, 0.5) is 5.69 Å². The number of nitrogens with zero attached hydrogens (tertiary/aromatic N) is 1. The number of anilines is 1. The fourth-order valence-corrected chi connectivity index (χ4v) is 4.06. The molecule has 1 spiro atoms. The normalized spacial score (nSPS) is 25.2. The van der Waals surface area contributed by atoms with Crippen LogP contribution in [0.15, 0.2) is 24.3 Å². The lowest BCUT2D eigenvalue weighted by Crippen LogP contribution is -2.64. The summed E-state index contributed by atoms with van der Waals surface area (Å²) in [5.74, 6) is 0. The van der Waals surface area contributed by atoms with Crippen LogP contribution in [0.25, 0.3) is 0 Å². The molecule has 1 heterocycles. The van der Waals surface area contributed by atoms with Crippen molar-refractivity contribution in [3.05, 3.63) is 29.8 Å². The van der Waals surface area contributed by atoms with Crippen LogP contribution in [0, 0.1) is 0 Å². The summed E-state index contributed by atoms with van der Waals surface area (Å²) in [6.07, 6.45) is 9.34. The molecule has 1 aromatic rings. The number of benzene rings is 1. The van der Waals surface area contributed by atoms with Crippen LogP contribution in [0.3, 0.4) is 0 Å². The lowest BCUT2D eigenvalue weighted by atomic mass is 9.79. The Hall–Kier alpha value is -1.02. The number of aryl methyl sites for hydroxylation is 1. The zero-order valence-corrected chi connectivity index (χ0v) is 13.7. The van der Waals surface area contributed by atoms with E-state index in [1.54, 1.807) is 0 Å². The van der Waals surface area contributed by atoms with E-state index in [0.29, 0.717) is 11.6 Å². The number of rotatable bonds is 3. The second-order valence-corrected chi connectivity index (χ2v) is 7.12. The minimum atomic E-state index is 0.382. The molecule has 1 N–H and O–H groups in total. The summed E-state index contributed by atoms with van der Waals surface area (Å²) in [5.41, 5.74) is 3.26. The third-order valence-corrected chi connectivity index (χ3v) is 5.39. The van der Waals surface area contributed by atoms with E-state index in [-0.39, 0.29) is 0 Å². The van der Waals surface area contributed by atoms with Gasteiger partial charge in [0.2, 0.25) is 0 Å². The van der Waals surface area contributed by atoms with E-state index in [9.17, 15) is 0 Å². The van der Waals surface area contributed by atoms with E-state index in [4.69, 9.17) is 0 Å². The molecule has 2 fully saturated rings. The van der Waals surface area contributed by atoms with Crippen LogP contribution >= 0.6 is 0 Å². The van der Waals surface area contributed by atoms with Crippen LogP contribution in [-0.4, -0.2) is 24.7 Å². The van der Waals surface area contributed by atoms with Crippen molar-refractivity contribution >= 4 is 5.69 Å². The molecule has 3 rings (SSSR count). The van der Waals surface area contributed by atoms with Crippen LogP contribution in [0.1, 0.15) is 57.9 Å². The topological polar surface area (TPSA) is 15.3 Å². The molecule has 0 aromatic heterocycles. The van der Waals surface area contributed by atoms with Crippen LogP contribution < -0.4 is 10.2 Å². The first kappa shape index (κ1) is 14.9. The molecule has 1 aromatic carbocycles. The molecule has 1 aliphatic heterocycles. The Morgan fingerprint density at radius 3 is 2.52 bits per heavy atom. The maximum Gasteiger partial charge on any atom is 0.0387 e. The van der Waals surface area contributed by atoms with E-state index in [1.165, 1.54) is 62.7 Å². The van der Waals surface area contributed by atoms with Gasteiger partial charge in [0.15, 0.2) is 0 Å². The Balaban J connectivity index is 1.75. The average molecular weight is 286 g/mol. The first-order valence-corrected chi connectivity index (χ1v) is 8.83. The minimum Gasteiger partial charge on any atom is -0.366 e. The number of hydrogen-bond acceptors (Lipinski definition) is 2. The molecule has 1 unspecified atom stereocenters. The van der Waals surface area contributed by atoms with Gasteiger partial charge in [0, 0.05) is 30.4 Å². The van der Waals surface area contributed by atoms with E-state index < -0.39 is 0 Å². The Morgan fingerprint density at radius 2 is 1.86 bits per heavy atom. The van der Waals surface area contributed by atoms with Gasteiger partial charge in [-0.15, -0.1) is 0 Å². The fourth-order valence-electron chi connectivity index (χ4n) is 4.06. The van der Waals surface area contributed by atoms with Crippen molar-refractivity contribution in [2.45, 2.75) is 70.4 Å². The lowest BCUT2D eigenvalue weighted by Gasteiger charge is -2.50. The van der Waals surface area contributed by atoms with Gasteiger partial charge < -0.3 is 10.2 Å². The van der Waals surface area contributed by atoms with Crippen molar-refractivity contribution in [1.82, 2.24) is 5.32 Å². The zero-order valence-electron chi connectivity index (χ0n) is 13.7. The Kier molecular flexibility index (Phi) is 4.54. The van der Waals surface area contributed by atoms with Crippen molar-refractivity contribution in [3.63, 3.8) is 0 Å². The van der Waals surface area contributed by atoms with Crippen molar-refractivity contribution in [2.75, 3.05) is 18.0 Å². The molecule has 1 saturated heterocycles. The van der Waals surface area contributed by atoms with E-state index in [0.717, 1.165) is 6.54 Å². The molecular weight excluding hydrogens is 256 g/mol. The molecule has 0 radical (unpaired) electrons. The van der Waals surface area contributed by atoms with Crippen LogP contribution in [0.2, 0.25) is 0 Å². The Labute approximate surface area is 129 Å². The highest BCUT2D eigenvalue weighted by Gasteiger charge is 2.38. The first-order valence-electron chi connectivity index (χ1n) is 8.83. The van der Waals surface area contributed by atoms with Crippen LogP contribution in [0.5, 0.6) is 0 Å². The van der Waals surface area contributed by atoms with Gasteiger partial charge in [0.05, 0.1) is 0 Å². The molecule has 2 nitrogen and oxygen atoms in total. The first-order chi connectivity index (χ1) is 10.2. The van der Waals surface area contributed by atoms with E-state index in [2.05, 4.69) is 48.3 Å². The number of piperazine rings is 1. The van der Waals surface area contributed by atoms with Crippen molar-refractivity contribution in [2.24, 2.45) is 0 Å². The summed E-state index contributed by atoms with van der Waals surface area (Å²) >= 11 is 0. The molecule has 2 aliphatic rings. The SMILES string of the molecule is CCCc1ccc(N2CC3(CCCCC3)NCC2C)cc1. The minimum absolute atomic E-state index is 0.382. The number of nitrogens with one attached hydrogen (secondary N) is 1. The molecule has 1 saturated carbocycles. The van der Waals surface area contributed by atoms with E-state index in [1.807, 2.05) is 0 Å². The average Bonchev–Trinajstić information content (AvgIpc) is 2.52. The lowest BCUT2D eigenvalue weighted by molar-refractivity contribution is 0.200. The third-order valence-electron chi connectivity index (χ3n) is 5.39. The predicted octanol–water partition coefficient (Wildman–Crippen LogP) is 4.14. The largest absolute Gasteiger partial charge is 0.366 e. The molecule has 1 atom stereocenters. The second kappa shape index (κ2) is 6.39. The molecular formula is C19H30N2. The maximum absolute atomic E-state index is 3.87. The van der Waals surface area contributed by atoms with E-state index >= 15 is 0 Å². The Morgan fingerprint density at radius 1 is 1.14 bits per heavy atom. The van der Waals surface area contributed by atoms with Crippen molar-refractivity contribution in [3.8, 4) is 0 Å². The maximum atomic E-state index is 3.87. The smallest absolute Gasteiger partial charge is 0.0387 e. The van der Waals surface area contributed by atoms with Gasteiger partial charge in [0.1, 0.15) is 0 Å². The van der Waals surface area contributed by atoms with Crippen molar-refractivity contribution in [1.29, 1.82) is 0 Å². The molecule has 1 aliphatic carbocycles. The standard InChI is InChI=1S/C19H30N2/c1-3-7-17-8-10-18(11-9-17)21-15-19(20-14-16(21)2)12-5-4-6-13-19/h8-11,16,20H,3-7,12-15H2,1-2H3. The highest BCUT2D eigenvalue weighted by molar-refractivity contribution is 5.50. The second-order valence-electron chi connectivity index (χ2n) is 7.12. The van der Waals surface area contributed by atoms with Crippen LogP contribution in [-0.2, 0) is 6.42 Å². The highest BCUT2D eigenvalue weighted by atomic mass is 15.3. The predicted molar refractivity (Wildman–Crippen MR) is 91.1 cm³/mol. The summed E-state index contributed by atoms with van der Waals surface area (Å²) < 4.78 is 0. The van der Waals surface area contributed by atoms with Gasteiger partial charge >= 0.3 is 0 Å². The monoisotopic (exact) mass is 286 g/mol. The zero-order chi connectivity index (χ0) is 14.7.